The van der Waals surface area contributed by atoms with E-state index in [1.807, 2.05) is 43.3 Å². The van der Waals surface area contributed by atoms with Crippen molar-refractivity contribution in [3.63, 3.8) is 0 Å². The number of nitrogens with zero attached hydrogens (tertiary/aromatic N) is 3. The fraction of sp³-hybridized carbons (Fsp3) is 0.348. The van der Waals surface area contributed by atoms with Gasteiger partial charge in [-0.3, -0.25) is 4.79 Å². The third kappa shape index (κ3) is 5.63. The Labute approximate surface area is 182 Å². The van der Waals surface area contributed by atoms with Crippen LogP contribution in [-0.2, 0) is 11.3 Å². The largest absolute Gasteiger partial charge is 0.492 e. The Morgan fingerprint density at radius 1 is 1.17 bits per heavy atom. The molecule has 1 amide bonds. The maximum atomic E-state index is 12.6. The lowest BCUT2D eigenvalue weighted by atomic mass is 10.1. The Hall–Kier alpha value is -2.80. The molecule has 0 fully saturated rings. The van der Waals surface area contributed by atoms with Crippen LogP contribution in [0.4, 0.5) is 5.69 Å². The summed E-state index contributed by atoms with van der Waals surface area (Å²) in [5.41, 5.74) is 2.88. The quantitative estimate of drug-likeness (QED) is 0.488. The van der Waals surface area contributed by atoms with E-state index in [1.165, 1.54) is 17.3 Å². The van der Waals surface area contributed by atoms with E-state index in [0.29, 0.717) is 24.0 Å². The van der Waals surface area contributed by atoms with Gasteiger partial charge in [-0.2, -0.15) is 0 Å². The lowest BCUT2D eigenvalue weighted by Gasteiger charge is -2.13. The predicted octanol–water partition coefficient (Wildman–Crippen LogP) is 5.04. The number of rotatable bonds is 9. The molecule has 0 aliphatic carbocycles. The Bertz CT molecular complexity index is 1000. The SMILES string of the molecule is CCOc1ccccc1NC(=O)CSc1nnc(-c2cccc(C)c2)n1CC(C)C. The van der Waals surface area contributed by atoms with Crippen LogP contribution in [-0.4, -0.2) is 33.0 Å². The van der Waals surface area contributed by atoms with E-state index in [0.717, 1.165) is 23.1 Å². The summed E-state index contributed by atoms with van der Waals surface area (Å²) in [5.74, 6) is 2.06. The number of anilines is 1. The zero-order valence-corrected chi connectivity index (χ0v) is 18.7. The molecule has 0 aliphatic rings. The minimum Gasteiger partial charge on any atom is -0.492 e. The van der Waals surface area contributed by atoms with Gasteiger partial charge in [-0.25, -0.2) is 0 Å². The molecule has 6 nitrogen and oxygen atoms in total. The van der Waals surface area contributed by atoms with Crippen molar-refractivity contribution in [3.05, 3.63) is 54.1 Å². The van der Waals surface area contributed by atoms with E-state index in [4.69, 9.17) is 4.74 Å². The summed E-state index contributed by atoms with van der Waals surface area (Å²) in [4.78, 5) is 12.6. The van der Waals surface area contributed by atoms with E-state index >= 15 is 0 Å². The van der Waals surface area contributed by atoms with Crippen LogP contribution in [0.15, 0.2) is 53.7 Å². The van der Waals surface area contributed by atoms with Crippen molar-refractivity contribution in [1.29, 1.82) is 0 Å². The van der Waals surface area contributed by atoms with Gasteiger partial charge in [-0.1, -0.05) is 61.5 Å². The van der Waals surface area contributed by atoms with Crippen molar-refractivity contribution >= 4 is 23.4 Å². The fourth-order valence-electron chi connectivity index (χ4n) is 3.09. The summed E-state index contributed by atoms with van der Waals surface area (Å²) >= 11 is 1.39. The summed E-state index contributed by atoms with van der Waals surface area (Å²) in [6, 6.07) is 15.7. The smallest absolute Gasteiger partial charge is 0.234 e. The second kappa shape index (κ2) is 10.3. The van der Waals surface area contributed by atoms with E-state index < -0.39 is 0 Å². The molecule has 158 valence electrons. The predicted molar refractivity (Wildman–Crippen MR) is 122 cm³/mol. The number of hydrogen-bond donors (Lipinski definition) is 1. The maximum Gasteiger partial charge on any atom is 0.234 e. The number of carbonyl (C=O) groups excluding carboxylic acids is 1. The minimum atomic E-state index is -0.108. The van der Waals surface area contributed by atoms with E-state index in [-0.39, 0.29) is 11.7 Å². The molecule has 1 N–H and O–H groups in total. The van der Waals surface area contributed by atoms with Crippen LogP contribution < -0.4 is 10.1 Å². The number of aromatic nitrogens is 3. The normalized spacial score (nSPS) is 11.0. The molecular formula is C23H28N4O2S. The zero-order chi connectivity index (χ0) is 21.5. The Morgan fingerprint density at radius 2 is 1.97 bits per heavy atom. The summed E-state index contributed by atoms with van der Waals surface area (Å²) in [6.45, 7) is 9.63. The van der Waals surface area contributed by atoms with Crippen molar-refractivity contribution < 1.29 is 9.53 Å². The van der Waals surface area contributed by atoms with E-state index in [9.17, 15) is 4.79 Å². The number of benzene rings is 2. The highest BCUT2D eigenvalue weighted by molar-refractivity contribution is 7.99. The van der Waals surface area contributed by atoms with Crippen LogP contribution in [0.3, 0.4) is 0 Å². The van der Waals surface area contributed by atoms with Crippen LogP contribution in [0, 0.1) is 12.8 Å². The van der Waals surface area contributed by atoms with Gasteiger partial charge >= 0.3 is 0 Å². The third-order valence-electron chi connectivity index (χ3n) is 4.33. The van der Waals surface area contributed by atoms with Gasteiger partial charge < -0.3 is 14.6 Å². The fourth-order valence-corrected chi connectivity index (χ4v) is 3.84. The molecule has 0 bridgehead atoms. The number of carbonyl (C=O) groups is 1. The van der Waals surface area contributed by atoms with Gasteiger partial charge in [0.15, 0.2) is 11.0 Å². The average Bonchev–Trinajstić information content (AvgIpc) is 3.10. The average molecular weight is 425 g/mol. The van der Waals surface area contributed by atoms with Crippen LogP contribution >= 0.6 is 11.8 Å². The van der Waals surface area contributed by atoms with Gasteiger partial charge in [-0.15, -0.1) is 10.2 Å². The van der Waals surface area contributed by atoms with Crippen molar-refractivity contribution in [1.82, 2.24) is 14.8 Å². The molecule has 0 unspecified atom stereocenters. The first-order valence-corrected chi connectivity index (χ1v) is 11.1. The van der Waals surface area contributed by atoms with Crippen LogP contribution in [0.2, 0.25) is 0 Å². The molecule has 30 heavy (non-hydrogen) atoms. The highest BCUT2D eigenvalue weighted by Gasteiger charge is 2.17. The summed E-state index contributed by atoms with van der Waals surface area (Å²) in [7, 11) is 0. The lowest BCUT2D eigenvalue weighted by molar-refractivity contribution is -0.113. The third-order valence-corrected chi connectivity index (χ3v) is 5.30. The standard InChI is InChI=1S/C23H28N4O2S/c1-5-29-20-12-7-6-11-19(20)24-21(28)15-30-23-26-25-22(27(23)14-16(2)3)18-10-8-9-17(4)13-18/h6-13,16H,5,14-15H2,1-4H3,(H,24,28). The first-order chi connectivity index (χ1) is 14.5. The van der Waals surface area contributed by atoms with Gasteiger partial charge in [0.05, 0.1) is 18.0 Å². The molecule has 1 heterocycles. The molecule has 0 aliphatic heterocycles. The monoisotopic (exact) mass is 424 g/mol. The van der Waals surface area contributed by atoms with Crippen molar-refractivity contribution in [2.75, 3.05) is 17.7 Å². The molecule has 0 saturated heterocycles. The van der Waals surface area contributed by atoms with Crippen molar-refractivity contribution in [3.8, 4) is 17.1 Å². The highest BCUT2D eigenvalue weighted by atomic mass is 32.2. The van der Waals surface area contributed by atoms with Crippen LogP contribution in [0.1, 0.15) is 26.3 Å². The van der Waals surface area contributed by atoms with Crippen LogP contribution in [0.5, 0.6) is 5.75 Å². The zero-order valence-electron chi connectivity index (χ0n) is 17.9. The molecule has 0 radical (unpaired) electrons. The Morgan fingerprint density at radius 3 is 2.70 bits per heavy atom. The number of aryl methyl sites for hydroxylation is 1. The molecular weight excluding hydrogens is 396 g/mol. The van der Waals surface area contributed by atoms with Gasteiger partial charge in [0.25, 0.3) is 0 Å². The molecule has 2 aromatic carbocycles. The molecule has 0 saturated carbocycles. The minimum absolute atomic E-state index is 0.108. The molecule has 1 aromatic heterocycles. The van der Waals surface area contributed by atoms with Gasteiger partial charge in [0.2, 0.25) is 5.91 Å². The van der Waals surface area contributed by atoms with E-state index in [2.05, 4.69) is 53.0 Å². The molecule has 7 heteroatoms. The topological polar surface area (TPSA) is 69.0 Å². The second-order valence-electron chi connectivity index (χ2n) is 7.45. The van der Waals surface area contributed by atoms with Crippen LogP contribution in [0.25, 0.3) is 11.4 Å². The highest BCUT2D eigenvalue weighted by Crippen LogP contribution is 2.27. The molecule has 0 atom stereocenters. The molecule has 0 spiro atoms. The molecule has 3 rings (SSSR count). The second-order valence-corrected chi connectivity index (χ2v) is 8.39. The molecule has 3 aromatic rings. The first-order valence-electron chi connectivity index (χ1n) is 10.1. The summed E-state index contributed by atoms with van der Waals surface area (Å²) in [5, 5.41) is 12.5. The van der Waals surface area contributed by atoms with Crippen molar-refractivity contribution in [2.45, 2.75) is 39.4 Å². The lowest BCUT2D eigenvalue weighted by Crippen LogP contribution is -2.16. The first kappa shape index (κ1) is 21.9. The Kier molecular flexibility index (Phi) is 7.52. The number of ether oxygens (including phenoxy) is 1. The van der Waals surface area contributed by atoms with Gasteiger partial charge in [-0.05, 0) is 38.0 Å². The number of nitrogens with one attached hydrogen (secondary N) is 1. The van der Waals surface area contributed by atoms with Gasteiger partial charge in [0, 0.05) is 12.1 Å². The maximum absolute atomic E-state index is 12.6. The van der Waals surface area contributed by atoms with E-state index in [1.54, 1.807) is 0 Å². The Balaban J connectivity index is 1.74. The number of thioether (sulfide) groups is 1. The number of para-hydroxylation sites is 2. The number of amides is 1. The number of hydrogen-bond acceptors (Lipinski definition) is 5. The summed E-state index contributed by atoms with van der Waals surface area (Å²) in [6.07, 6.45) is 0. The summed E-state index contributed by atoms with van der Waals surface area (Å²) < 4.78 is 7.68. The van der Waals surface area contributed by atoms with Crippen molar-refractivity contribution in [2.24, 2.45) is 5.92 Å². The van der Waals surface area contributed by atoms with Gasteiger partial charge in [0.1, 0.15) is 5.75 Å².